The van der Waals surface area contributed by atoms with Crippen LogP contribution in [0.2, 0.25) is 0 Å². The van der Waals surface area contributed by atoms with Gasteiger partial charge in [-0.2, -0.15) is 4.98 Å². The van der Waals surface area contributed by atoms with Gasteiger partial charge in [-0.25, -0.2) is 4.68 Å². The number of hydrogen-bond donors (Lipinski definition) is 1. The Labute approximate surface area is 109 Å². The van der Waals surface area contributed by atoms with Gasteiger partial charge in [0.15, 0.2) is 5.82 Å². The van der Waals surface area contributed by atoms with Gasteiger partial charge < -0.3 is 15.0 Å². The van der Waals surface area contributed by atoms with E-state index in [0.717, 1.165) is 37.6 Å². The number of rotatable bonds is 4. The van der Waals surface area contributed by atoms with Gasteiger partial charge >= 0.3 is 0 Å². The minimum absolute atomic E-state index is 0.335. The lowest BCUT2D eigenvalue weighted by Crippen LogP contribution is -2.15. The molecule has 19 heavy (non-hydrogen) atoms. The minimum Gasteiger partial charge on any atom is -0.381 e. The number of aromatic nitrogens is 5. The molecule has 1 aliphatic heterocycles. The van der Waals surface area contributed by atoms with Gasteiger partial charge in [-0.3, -0.25) is 0 Å². The lowest BCUT2D eigenvalue weighted by atomic mass is 10.00. The Kier molecular flexibility index (Phi) is 3.51. The molecule has 0 radical (unpaired) electrons. The highest BCUT2D eigenvalue weighted by Crippen LogP contribution is 2.24. The van der Waals surface area contributed by atoms with Crippen LogP contribution in [0.25, 0.3) is 0 Å². The van der Waals surface area contributed by atoms with Crippen molar-refractivity contribution in [3.05, 3.63) is 23.6 Å². The second kappa shape index (κ2) is 5.45. The standard InChI is InChI=1S/C11H16N6O2/c12-5-9-6-17(16-14-9)7-10-13-11(15-19-10)8-1-3-18-4-2-8/h6,8H,1-5,7,12H2. The van der Waals surface area contributed by atoms with E-state index in [1.54, 1.807) is 10.9 Å². The molecule has 0 bridgehead atoms. The van der Waals surface area contributed by atoms with Crippen LogP contribution in [-0.2, 0) is 17.8 Å². The van der Waals surface area contributed by atoms with Gasteiger partial charge in [-0.15, -0.1) is 5.10 Å². The summed E-state index contributed by atoms with van der Waals surface area (Å²) >= 11 is 0. The molecular formula is C11H16N6O2. The van der Waals surface area contributed by atoms with E-state index in [2.05, 4.69) is 20.5 Å². The van der Waals surface area contributed by atoms with E-state index in [-0.39, 0.29) is 0 Å². The van der Waals surface area contributed by atoms with Crippen molar-refractivity contribution in [1.29, 1.82) is 0 Å². The predicted octanol–water partition coefficient (Wildman–Crippen LogP) is 0.0621. The number of nitrogens with two attached hydrogens (primary N) is 1. The summed E-state index contributed by atoms with van der Waals surface area (Å²) in [6.45, 7) is 2.31. The quantitative estimate of drug-likeness (QED) is 0.832. The average molecular weight is 264 g/mol. The van der Waals surface area contributed by atoms with Crippen molar-refractivity contribution in [3.63, 3.8) is 0 Å². The van der Waals surface area contributed by atoms with Crippen LogP contribution in [0.3, 0.4) is 0 Å². The first-order valence-electron chi connectivity index (χ1n) is 6.34. The zero-order chi connectivity index (χ0) is 13.1. The molecule has 2 aromatic heterocycles. The molecule has 0 spiro atoms. The van der Waals surface area contributed by atoms with Crippen molar-refractivity contribution in [3.8, 4) is 0 Å². The first-order chi connectivity index (χ1) is 9.35. The Bertz CT molecular complexity index is 531. The Morgan fingerprint density at radius 3 is 2.95 bits per heavy atom. The van der Waals surface area contributed by atoms with Gasteiger partial charge in [0, 0.05) is 25.7 Å². The largest absolute Gasteiger partial charge is 0.381 e. The van der Waals surface area contributed by atoms with Crippen LogP contribution in [-0.4, -0.2) is 38.3 Å². The molecule has 0 aliphatic carbocycles. The fraction of sp³-hybridized carbons (Fsp3) is 0.636. The van der Waals surface area contributed by atoms with Crippen LogP contribution in [0, 0.1) is 0 Å². The summed E-state index contributed by atoms with van der Waals surface area (Å²) in [5.41, 5.74) is 6.22. The summed E-state index contributed by atoms with van der Waals surface area (Å²) < 4.78 is 12.2. The third-order valence-electron chi connectivity index (χ3n) is 3.16. The zero-order valence-corrected chi connectivity index (χ0v) is 10.5. The summed E-state index contributed by atoms with van der Waals surface area (Å²) in [6, 6.07) is 0. The highest BCUT2D eigenvalue weighted by atomic mass is 16.5. The van der Waals surface area contributed by atoms with Crippen molar-refractivity contribution in [2.24, 2.45) is 5.73 Å². The molecule has 8 heteroatoms. The number of nitrogens with zero attached hydrogens (tertiary/aromatic N) is 5. The topological polar surface area (TPSA) is 105 Å². The highest BCUT2D eigenvalue weighted by molar-refractivity contribution is 4.98. The van der Waals surface area contributed by atoms with Crippen LogP contribution in [0.5, 0.6) is 0 Å². The van der Waals surface area contributed by atoms with E-state index in [1.807, 2.05) is 0 Å². The maximum absolute atomic E-state index is 5.48. The lowest BCUT2D eigenvalue weighted by molar-refractivity contribution is 0.0830. The Morgan fingerprint density at radius 1 is 1.37 bits per heavy atom. The van der Waals surface area contributed by atoms with Gasteiger partial charge in [0.25, 0.3) is 0 Å². The van der Waals surface area contributed by atoms with E-state index in [1.165, 1.54) is 0 Å². The van der Waals surface area contributed by atoms with Crippen molar-refractivity contribution >= 4 is 0 Å². The molecule has 8 nitrogen and oxygen atoms in total. The van der Waals surface area contributed by atoms with E-state index in [9.17, 15) is 0 Å². The first-order valence-corrected chi connectivity index (χ1v) is 6.34. The van der Waals surface area contributed by atoms with Crippen LogP contribution in [0.15, 0.2) is 10.7 Å². The molecule has 0 unspecified atom stereocenters. The monoisotopic (exact) mass is 264 g/mol. The average Bonchev–Trinajstić information content (AvgIpc) is 3.09. The van der Waals surface area contributed by atoms with E-state index < -0.39 is 0 Å². The Balaban J connectivity index is 1.67. The van der Waals surface area contributed by atoms with Gasteiger partial charge in [0.1, 0.15) is 6.54 Å². The summed E-state index contributed by atoms with van der Waals surface area (Å²) in [5, 5.41) is 11.9. The third-order valence-corrected chi connectivity index (χ3v) is 3.16. The zero-order valence-electron chi connectivity index (χ0n) is 10.5. The van der Waals surface area contributed by atoms with Crippen molar-refractivity contribution in [2.45, 2.75) is 31.8 Å². The molecule has 1 aliphatic rings. The maximum Gasteiger partial charge on any atom is 0.248 e. The molecule has 0 amide bonds. The van der Waals surface area contributed by atoms with Crippen molar-refractivity contribution < 1.29 is 9.26 Å². The predicted molar refractivity (Wildman–Crippen MR) is 64.1 cm³/mol. The van der Waals surface area contributed by atoms with Crippen molar-refractivity contribution in [1.82, 2.24) is 25.1 Å². The molecule has 0 aromatic carbocycles. The normalized spacial score (nSPS) is 16.9. The molecule has 2 N–H and O–H groups in total. The molecular weight excluding hydrogens is 248 g/mol. The molecule has 1 saturated heterocycles. The summed E-state index contributed by atoms with van der Waals surface area (Å²) in [6.07, 6.45) is 3.66. The van der Waals surface area contributed by atoms with E-state index >= 15 is 0 Å². The van der Waals surface area contributed by atoms with Gasteiger partial charge in [0.05, 0.1) is 11.9 Å². The second-order valence-corrected chi connectivity index (χ2v) is 4.54. The number of hydrogen-bond acceptors (Lipinski definition) is 7. The molecule has 1 fully saturated rings. The summed E-state index contributed by atoms with van der Waals surface area (Å²) in [5.74, 6) is 1.63. The van der Waals surface area contributed by atoms with Crippen molar-refractivity contribution in [2.75, 3.05) is 13.2 Å². The van der Waals surface area contributed by atoms with Gasteiger partial charge in [-0.1, -0.05) is 10.4 Å². The van der Waals surface area contributed by atoms with Crippen LogP contribution in [0.1, 0.15) is 36.2 Å². The third kappa shape index (κ3) is 2.79. The lowest BCUT2D eigenvalue weighted by Gasteiger charge is -2.18. The molecule has 0 atom stereocenters. The fourth-order valence-corrected chi connectivity index (χ4v) is 2.10. The Morgan fingerprint density at radius 2 is 2.21 bits per heavy atom. The first kappa shape index (κ1) is 12.2. The van der Waals surface area contributed by atoms with Crippen LogP contribution >= 0.6 is 0 Å². The smallest absolute Gasteiger partial charge is 0.248 e. The van der Waals surface area contributed by atoms with Crippen LogP contribution in [0.4, 0.5) is 0 Å². The molecule has 3 rings (SSSR count). The molecule has 2 aromatic rings. The molecule has 0 saturated carbocycles. The summed E-state index contributed by atoms with van der Waals surface area (Å²) in [4.78, 5) is 4.41. The SMILES string of the molecule is NCc1cn(Cc2nc(C3CCOCC3)no2)nn1. The fourth-order valence-electron chi connectivity index (χ4n) is 2.10. The van der Waals surface area contributed by atoms with Gasteiger partial charge in [-0.05, 0) is 12.8 Å². The van der Waals surface area contributed by atoms with Crippen LogP contribution < -0.4 is 5.73 Å². The summed E-state index contributed by atoms with van der Waals surface area (Å²) in [7, 11) is 0. The maximum atomic E-state index is 5.48. The van der Waals surface area contributed by atoms with E-state index in [4.69, 9.17) is 15.0 Å². The number of ether oxygens (including phenoxy) is 1. The highest BCUT2D eigenvalue weighted by Gasteiger charge is 2.21. The molecule has 102 valence electrons. The van der Waals surface area contributed by atoms with E-state index in [0.29, 0.717) is 24.9 Å². The van der Waals surface area contributed by atoms with Gasteiger partial charge in [0.2, 0.25) is 5.89 Å². The second-order valence-electron chi connectivity index (χ2n) is 4.54. The molecule has 3 heterocycles. The Hall–Kier alpha value is -1.80. The minimum atomic E-state index is 0.335.